The molecule has 0 N–H and O–H groups in total. The van der Waals surface area contributed by atoms with E-state index in [9.17, 15) is 19.2 Å². The molecule has 0 saturated carbocycles. The number of aromatic nitrogens is 2. The molecule has 0 radical (unpaired) electrons. The van der Waals surface area contributed by atoms with Crippen LogP contribution < -0.4 is 27.1 Å². The second-order valence-electron chi connectivity index (χ2n) is 11.1. The average Bonchev–Trinajstić information content (AvgIpc) is 3.28. The molecule has 0 saturated heterocycles. The highest BCUT2D eigenvalue weighted by Gasteiger charge is 2.21. The van der Waals surface area contributed by atoms with Gasteiger partial charge in [-0.2, -0.15) is 0 Å². The second-order valence-corrected chi connectivity index (χ2v) is 11.1. The SMILES string of the molecule is CC(C)N(c1ccc(Cc2ccc(-n3c(=O)c4cc5c(=O)n(C(C)C)c(=O)c5cc4c3=O)cc2)cc1)C(C)C. The van der Waals surface area contributed by atoms with Crippen molar-refractivity contribution in [2.24, 2.45) is 0 Å². The third kappa shape index (κ3) is 4.42. The van der Waals surface area contributed by atoms with E-state index in [2.05, 4.69) is 56.9 Å². The van der Waals surface area contributed by atoms with Crippen LogP contribution in [0, 0.1) is 0 Å². The summed E-state index contributed by atoms with van der Waals surface area (Å²) < 4.78 is 2.27. The van der Waals surface area contributed by atoms with Crippen molar-refractivity contribution >= 4 is 27.2 Å². The monoisotopic (exact) mass is 523 g/mol. The van der Waals surface area contributed by atoms with Gasteiger partial charge in [0.05, 0.1) is 27.2 Å². The predicted octanol–water partition coefficient (Wildman–Crippen LogP) is 4.70. The van der Waals surface area contributed by atoms with E-state index in [-0.39, 0.29) is 27.6 Å². The minimum absolute atomic E-state index is 0.145. The zero-order valence-corrected chi connectivity index (χ0v) is 23.2. The second kappa shape index (κ2) is 9.80. The summed E-state index contributed by atoms with van der Waals surface area (Å²) >= 11 is 0. The van der Waals surface area contributed by atoms with Crippen LogP contribution in [0.1, 0.15) is 58.7 Å². The van der Waals surface area contributed by atoms with E-state index in [1.807, 2.05) is 12.1 Å². The molecule has 3 aromatic carbocycles. The summed E-state index contributed by atoms with van der Waals surface area (Å²) in [6.45, 7) is 12.3. The molecule has 0 aliphatic rings. The van der Waals surface area contributed by atoms with Gasteiger partial charge in [0.15, 0.2) is 0 Å². The molecule has 7 nitrogen and oxygen atoms in total. The Morgan fingerprint density at radius 1 is 0.590 bits per heavy atom. The lowest BCUT2D eigenvalue weighted by Crippen LogP contribution is -2.36. The first kappa shape index (κ1) is 26.4. The van der Waals surface area contributed by atoms with Gasteiger partial charge in [-0.15, -0.1) is 0 Å². The molecule has 7 heteroatoms. The number of hydrogen-bond donors (Lipinski definition) is 0. The van der Waals surface area contributed by atoms with E-state index in [1.54, 1.807) is 26.0 Å². The molecule has 0 unspecified atom stereocenters. The molecule has 2 heterocycles. The maximum atomic E-state index is 13.3. The molecular formula is C32H33N3O4. The summed E-state index contributed by atoms with van der Waals surface area (Å²) in [6.07, 6.45) is 0.718. The van der Waals surface area contributed by atoms with Gasteiger partial charge in [-0.25, -0.2) is 4.57 Å². The van der Waals surface area contributed by atoms with Crippen LogP contribution in [0.3, 0.4) is 0 Å². The van der Waals surface area contributed by atoms with Crippen LogP contribution in [0.2, 0.25) is 0 Å². The van der Waals surface area contributed by atoms with Crippen LogP contribution in [0.5, 0.6) is 0 Å². The predicted molar refractivity (Wildman–Crippen MR) is 159 cm³/mol. The van der Waals surface area contributed by atoms with Gasteiger partial charge in [-0.1, -0.05) is 24.3 Å². The van der Waals surface area contributed by atoms with E-state index >= 15 is 0 Å². The van der Waals surface area contributed by atoms with Crippen molar-refractivity contribution in [3.05, 3.63) is 113 Å². The Balaban J connectivity index is 1.46. The molecule has 200 valence electrons. The third-order valence-electron chi connectivity index (χ3n) is 7.39. The molecule has 2 aromatic heterocycles. The summed E-state index contributed by atoms with van der Waals surface area (Å²) in [5, 5.41) is 0.626. The van der Waals surface area contributed by atoms with Crippen LogP contribution in [0.25, 0.3) is 27.2 Å². The highest BCUT2D eigenvalue weighted by Crippen LogP contribution is 2.22. The lowest BCUT2D eigenvalue weighted by atomic mass is 10.0. The average molecular weight is 524 g/mol. The number of fused-ring (bicyclic) bond motifs is 2. The molecule has 0 aliphatic carbocycles. The quantitative estimate of drug-likeness (QED) is 0.309. The molecule has 0 bridgehead atoms. The van der Waals surface area contributed by atoms with Crippen molar-refractivity contribution in [3.8, 4) is 5.69 Å². The fraction of sp³-hybridized carbons (Fsp3) is 0.312. The van der Waals surface area contributed by atoms with Gasteiger partial charge in [0.1, 0.15) is 0 Å². The summed E-state index contributed by atoms with van der Waals surface area (Å²) in [6, 6.07) is 19.2. The Labute approximate surface area is 226 Å². The first-order valence-electron chi connectivity index (χ1n) is 13.4. The topological polar surface area (TPSA) is 81.4 Å². The summed E-state index contributed by atoms with van der Waals surface area (Å²) in [7, 11) is 0. The normalized spacial score (nSPS) is 12.0. The van der Waals surface area contributed by atoms with Gasteiger partial charge in [0, 0.05) is 23.8 Å². The minimum Gasteiger partial charge on any atom is -0.367 e. The van der Waals surface area contributed by atoms with Crippen molar-refractivity contribution in [3.63, 3.8) is 0 Å². The Bertz CT molecular complexity index is 1800. The molecule has 5 aromatic rings. The lowest BCUT2D eigenvalue weighted by Gasteiger charge is -2.33. The number of anilines is 1. The van der Waals surface area contributed by atoms with Crippen molar-refractivity contribution in [2.45, 2.75) is 66.1 Å². The summed E-state index contributed by atoms with van der Waals surface area (Å²) in [5.74, 6) is 0. The Morgan fingerprint density at radius 3 is 1.41 bits per heavy atom. The number of rotatable bonds is 7. The lowest BCUT2D eigenvalue weighted by molar-refractivity contribution is 0.574. The van der Waals surface area contributed by atoms with Crippen molar-refractivity contribution in [2.75, 3.05) is 4.90 Å². The number of nitrogens with zero attached hydrogens (tertiary/aromatic N) is 3. The number of hydrogen-bond acceptors (Lipinski definition) is 5. The number of benzene rings is 3. The molecular weight excluding hydrogens is 490 g/mol. The van der Waals surface area contributed by atoms with Crippen molar-refractivity contribution < 1.29 is 0 Å². The van der Waals surface area contributed by atoms with Gasteiger partial charge >= 0.3 is 0 Å². The Hall–Kier alpha value is -4.26. The van der Waals surface area contributed by atoms with Crippen molar-refractivity contribution in [1.29, 1.82) is 0 Å². The standard InChI is InChI=1S/C32H33N3O4/c1-18(2)33(19(3)4)23-11-7-21(8-12-23)15-22-9-13-24(14-10-22)35-31(38)27-16-25-26(17-28(27)32(35)39)30(37)34(20(5)6)29(25)36/h7-14,16-20H,15H2,1-6H3. The third-order valence-corrected chi connectivity index (χ3v) is 7.39. The van der Waals surface area contributed by atoms with E-state index in [0.29, 0.717) is 17.8 Å². The summed E-state index contributed by atoms with van der Waals surface area (Å²) in [4.78, 5) is 54.5. The smallest absolute Gasteiger partial charge is 0.266 e. The minimum atomic E-state index is -0.496. The van der Waals surface area contributed by atoms with Crippen LogP contribution in [-0.4, -0.2) is 21.2 Å². The van der Waals surface area contributed by atoms with Crippen LogP contribution >= 0.6 is 0 Å². The summed E-state index contributed by atoms with van der Waals surface area (Å²) in [5.41, 5.74) is 1.99. The largest absolute Gasteiger partial charge is 0.367 e. The van der Waals surface area contributed by atoms with Crippen molar-refractivity contribution in [1.82, 2.24) is 9.13 Å². The van der Waals surface area contributed by atoms with Crippen LogP contribution in [0.15, 0.2) is 79.8 Å². The Kier molecular flexibility index (Phi) is 6.62. The van der Waals surface area contributed by atoms with E-state index < -0.39 is 22.2 Å². The molecule has 0 atom stereocenters. The molecule has 0 spiro atoms. The molecule has 0 fully saturated rings. The van der Waals surface area contributed by atoms with Crippen LogP contribution in [0.4, 0.5) is 5.69 Å². The molecule has 0 amide bonds. The first-order valence-corrected chi connectivity index (χ1v) is 13.4. The van der Waals surface area contributed by atoms with E-state index in [0.717, 1.165) is 21.1 Å². The maximum Gasteiger partial charge on any atom is 0.266 e. The van der Waals surface area contributed by atoms with Gasteiger partial charge in [-0.3, -0.25) is 23.7 Å². The van der Waals surface area contributed by atoms with E-state index in [1.165, 1.54) is 23.4 Å². The van der Waals surface area contributed by atoms with Gasteiger partial charge in [-0.05, 0) is 95.5 Å². The fourth-order valence-corrected chi connectivity index (χ4v) is 5.67. The van der Waals surface area contributed by atoms with Gasteiger partial charge in [0.25, 0.3) is 22.2 Å². The maximum absolute atomic E-state index is 13.3. The fourth-order valence-electron chi connectivity index (χ4n) is 5.67. The molecule has 5 rings (SSSR count). The molecule has 0 aliphatic heterocycles. The highest BCUT2D eigenvalue weighted by atomic mass is 16.2. The van der Waals surface area contributed by atoms with Crippen LogP contribution in [-0.2, 0) is 6.42 Å². The highest BCUT2D eigenvalue weighted by molar-refractivity contribution is 5.98. The Morgan fingerprint density at radius 2 is 1.00 bits per heavy atom. The zero-order chi connectivity index (χ0) is 28.2. The molecule has 39 heavy (non-hydrogen) atoms. The van der Waals surface area contributed by atoms with E-state index in [4.69, 9.17) is 0 Å². The van der Waals surface area contributed by atoms with Gasteiger partial charge < -0.3 is 4.90 Å². The van der Waals surface area contributed by atoms with Gasteiger partial charge in [0.2, 0.25) is 0 Å². The first-order chi connectivity index (χ1) is 18.5. The zero-order valence-electron chi connectivity index (χ0n) is 23.2.